The first-order valence-electron chi connectivity index (χ1n) is 8.17. The highest BCUT2D eigenvalue weighted by molar-refractivity contribution is 6.32. The van der Waals surface area contributed by atoms with E-state index in [4.69, 9.17) is 4.74 Å². The number of rotatable bonds is 4. The summed E-state index contributed by atoms with van der Waals surface area (Å²) in [5, 5.41) is 15.0. The highest BCUT2D eigenvalue weighted by Gasteiger charge is 2.28. The number of aromatic hydroxyl groups is 1. The molecule has 0 spiro atoms. The van der Waals surface area contributed by atoms with Crippen molar-refractivity contribution in [2.45, 2.75) is 13.8 Å². The first-order chi connectivity index (χ1) is 12.5. The fraction of sp³-hybridized carbons (Fsp3) is 0.150. The number of esters is 1. The molecular weight excluding hydrogens is 332 g/mol. The Bertz CT molecular complexity index is 896. The Balaban J connectivity index is 1.83. The van der Waals surface area contributed by atoms with Crippen LogP contribution < -0.4 is 5.01 Å². The quantitative estimate of drug-likeness (QED) is 0.677. The standard InChI is InChI=1S/C20H18N2O4/c1-3-26-20(25)15-6-8-16(9-7-15)22-19(24)18(13(2)21-22)12-14-4-10-17(23)11-5-14/h4-12,23H,3H2,1-2H3. The molecule has 1 amide bonds. The molecule has 0 bridgehead atoms. The predicted molar refractivity (Wildman–Crippen MR) is 99.1 cm³/mol. The number of carbonyl (C=O) groups excluding carboxylic acids is 2. The molecule has 3 rings (SSSR count). The number of hydrazone groups is 1. The van der Waals surface area contributed by atoms with Crippen molar-refractivity contribution in [1.82, 2.24) is 0 Å². The minimum Gasteiger partial charge on any atom is -0.508 e. The number of anilines is 1. The lowest BCUT2D eigenvalue weighted by atomic mass is 10.1. The van der Waals surface area contributed by atoms with Crippen LogP contribution in [-0.4, -0.2) is 29.3 Å². The van der Waals surface area contributed by atoms with Crippen molar-refractivity contribution in [2.75, 3.05) is 11.6 Å². The van der Waals surface area contributed by atoms with E-state index in [9.17, 15) is 14.7 Å². The van der Waals surface area contributed by atoms with Crippen LogP contribution in [0.5, 0.6) is 5.75 Å². The Morgan fingerprint density at radius 2 is 1.81 bits per heavy atom. The highest BCUT2D eigenvalue weighted by atomic mass is 16.5. The van der Waals surface area contributed by atoms with Gasteiger partial charge in [0.1, 0.15) is 5.75 Å². The van der Waals surface area contributed by atoms with Gasteiger partial charge in [0.25, 0.3) is 5.91 Å². The second-order valence-electron chi connectivity index (χ2n) is 5.72. The summed E-state index contributed by atoms with van der Waals surface area (Å²) in [6, 6.07) is 13.1. The summed E-state index contributed by atoms with van der Waals surface area (Å²) in [7, 11) is 0. The molecule has 0 unspecified atom stereocenters. The first-order valence-corrected chi connectivity index (χ1v) is 8.17. The minimum absolute atomic E-state index is 0.165. The van der Waals surface area contributed by atoms with Crippen LogP contribution in [0, 0.1) is 0 Å². The summed E-state index contributed by atoms with van der Waals surface area (Å²) in [5.74, 6) is -0.488. The SMILES string of the molecule is CCOC(=O)c1ccc(N2N=C(C)C(=Cc3ccc(O)cc3)C2=O)cc1. The van der Waals surface area contributed by atoms with Crippen molar-refractivity contribution in [1.29, 1.82) is 0 Å². The molecule has 26 heavy (non-hydrogen) atoms. The zero-order valence-corrected chi connectivity index (χ0v) is 14.5. The van der Waals surface area contributed by atoms with Crippen LogP contribution in [0.2, 0.25) is 0 Å². The number of phenolic OH excluding ortho intramolecular Hbond substituents is 1. The smallest absolute Gasteiger partial charge is 0.338 e. The van der Waals surface area contributed by atoms with Gasteiger partial charge in [-0.25, -0.2) is 4.79 Å². The molecule has 2 aromatic rings. The monoisotopic (exact) mass is 350 g/mol. The van der Waals surface area contributed by atoms with E-state index in [1.54, 1.807) is 68.5 Å². The minimum atomic E-state index is -0.403. The van der Waals surface area contributed by atoms with Gasteiger partial charge in [-0.2, -0.15) is 10.1 Å². The fourth-order valence-corrected chi connectivity index (χ4v) is 2.55. The third-order valence-corrected chi connectivity index (χ3v) is 3.89. The summed E-state index contributed by atoms with van der Waals surface area (Å²) >= 11 is 0. The van der Waals surface area contributed by atoms with E-state index < -0.39 is 5.97 Å². The Kier molecular flexibility index (Phi) is 4.84. The largest absolute Gasteiger partial charge is 0.508 e. The number of ether oxygens (including phenoxy) is 1. The van der Waals surface area contributed by atoms with E-state index in [2.05, 4.69) is 5.10 Å². The Labute approximate surface area is 151 Å². The number of phenols is 1. The summed E-state index contributed by atoms with van der Waals surface area (Å²) in [5.41, 5.74) is 2.85. The van der Waals surface area contributed by atoms with Gasteiger partial charge in [-0.1, -0.05) is 12.1 Å². The van der Waals surface area contributed by atoms with E-state index >= 15 is 0 Å². The summed E-state index contributed by atoms with van der Waals surface area (Å²) in [6.45, 7) is 3.81. The van der Waals surface area contributed by atoms with Crippen LogP contribution in [0.25, 0.3) is 6.08 Å². The Morgan fingerprint density at radius 3 is 2.42 bits per heavy atom. The number of amides is 1. The van der Waals surface area contributed by atoms with E-state index in [0.717, 1.165) is 5.56 Å². The normalized spacial score (nSPS) is 15.3. The molecule has 0 aliphatic carbocycles. The average molecular weight is 350 g/mol. The van der Waals surface area contributed by atoms with Gasteiger partial charge in [0.15, 0.2) is 0 Å². The van der Waals surface area contributed by atoms with Crippen molar-refractivity contribution in [2.24, 2.45) is 5.10 Å². The molecule has 0 saturated carbocycles. The van der Waals surface area contributed by atoms with E-state index in [-0.39, 0.29) is 11.7 Å². The Morgan fingerprint density at radius 1 is 1.15 bits per heavy atom. The van der Waals surface area contributed by atoms with Crippen LogP contribution in [0.3, 0.4) is 0 Å². The van der Waals surface area contributed by atoms with Gasteiger partial charge in [0, 0.05) is 0 Å². The molecular formula is C20H18N2O4. The highest BCUT2D eigenvalue weighted by Crippen LogP contribution is 2.25. The zero-order valence-electron chi connectivity index (χ0n) is 14.5. The molecule has 1 N–H and O–H groups in total. The lowest BCUT2D eigenvalue weighted by Gasteiger charge is -2.12. The first kappa shape index (κ1) is 17.4. The molecule has 6 heteroatoms. The Hall–Kier alpha value is -3.41. The van der Waals surface area contributed by atoms with E-state index in [1.807, 2.05) is 0 Å². The maximum atomic E-state index is 12.7. The van der Waals surface area contributed by atoms with E-state index in [0.29, 0.717) is 29.1 Å². The van der Waals surface area contributed by atoms with Gasteiger partial charge >= 0.3 is 5.97 Å². The second-order valence-corrected chi connectivity index (χ2v) is 5.72. The van der Waals surface area contributed by atoms with Crippen LogP contribution >= 0.6 is 0 Å². The van der Waals surface area contributed by atoms with Gasteiger partial charge < -0.3 is 9.84 Å². The van der Waals surface area contributed by atoms with Crippen molar-refractivity contribution in [3.63, 3.8) is 0 Å². The van der Waals surface area contributed by atoms with Crippen molar-refractivity contribution in [3.05, 3.63) is 65.2 Å². The molecule has 0 fully saturated rings. The molecule has 0 aromatic heterocycles. The van der Waals surface area contributed by atoms with E-state index in [1.165, 1.54) is 5.01 Å². The molecule has 6 nitrogen and oxygen atoms in total. The molecule has 132 valence electrons. The van der Waals surface area contributed by atoms with Crippen LogP contribution in [0.4, 0.5) is 5.69 Å². The number of benzene rings is 2. The van der Waals surface area contributed by atoms with Crippen LogP contribution in [0.1, 0.15) is 29.8 Å². The molecule has 2 aromatic carbocycles. The van der Waals surface area contributed by atoms with Gasteiger partial charge in [0.2, 0.25) is 0 Å². The van der Waals surface area contributed by atoms with Gasteiger partial charge in [-0.15, -0.1) is 0 Å². The van der Waals surface area contributed by atoms with Gasteiger partial charge in [0.05, 0.1) is 29.1 Å². The summed E-state index contributed by atoms with van der Waals surface area (Å²) in [6.07, 6.45) is 1.73. The van der Waals surface area contributed by atoms with Crippen molar-refractivity contribution >= 4 is 29.4 Å². The molecule has 1 aliphatic heterocycles. The molecule has 0 atom stereocenters. The number of carbonyl (C=O) groups is 2. The lowest BCUT2D eigenvalue weighted by Crippen LogP contribution is -2.21. The zero-order chi connectivity index (χ0) is 18.7. The maximum Gasteiger partial charge on any atom is 0.338 e. The fourth-order valence-electron chi connectivity index (χ4n) is 2.55. The molecule has 1 heterocycles. The third kappa shape index (κ3) is 3.49. The lowest BCUT2D eigenvalue weighted by molar-refractivity contribution is -0.114. The van der Waals surface area contributed by atoms with Crippen LogP contribution in [-0.2, 0) is 9.53 Å². The number of nitrogens with zero attached hydrogens (tertiary/aromatic N) is 2. The van der Waals surface area contributed by atoms with Crippen LogP contribution in [0.15, 0.2) is 59.2 Å². The van der Waals surface area contributed by atoms with Crippen molar-refractivity contribution in [3.8, 4) is 5.75 Å². The van der Waals surface area contributed by atoms with Crippen molar-refractivity contribution < 1.29 is 19.4 Å². The predicted octanol–water partition coefficient (Wildman–Crippen LogP) is 3.38. The third-order valence-electron chi connectivity index (χ3n) is 3.89. The summed E-state index contributed by atoms with van der Waals surface area (Å²) < 4.78 is 4.95. The topological polar surface area (TPSA) is 79.2 Å². The maximum absolute atomic E-state index is 12.7. The number of hydrogen-bond acceptors (Lipinski definition) is 5. The molecule has 0 saturated heterocycles. The molecule has 1 aliphatic rings. The van der Waals surface area contributed by atoms with Gasteiger partial charge in [-0.05, 0) is 61.9 Å². The number of hydrogen-bond donors (Lipinski definition) is 1. The van der Waals surface area contributed by atoms with Gasteiger partial charge in [-0.3, -0.25) is 4.79 Å². The second kappa shape index (κ2) is 7.23. The molecule has 0 radical (unpaired) electrons. The summed E-state index contributed by atoms with van der Waals surface area (Å²) in [4.78, 5) is 24.4. The average Bonchev–Trinajstić information content (AvgIpc) is 2.92.